The Morgan fingerprint density at radius 3 is 3.09 bits per heavy atom. The van der Waals surface area contributed by atoms with Crippen molar-refractivity contribution in [3.8, 4) is 6.07 Å². The van der Waals surface area contributed by atoms with Crippen molar-refractivity contribution in [1.82, 2.24) is 19.7 Å². The number of pyridine rings is 1. The van der Waals surface area contributed by atoms with E-state index in [2.05, 4.69) is 16.2 Å². The molecule has 1 aliphatic rings. The quantitative estimate of drug-likeness (QED) is 0.840. The van der Waals surface area contributed by atoms with E-state index < -0.39 is 0 Å². The normalized spacial score (nSPS) is 14.1. The van der Waals surface area contributed by atoms with Gasteiger partial charge in [0, 0.05) is 19.3 Å². The molecule has 0 unspecified atom stereocenters. The van der Waals surface area contributed by atoms with Gasteiger partial charge in [-0.1, -0.05) is 6.07 Å². The van der Waals surface area contributed by atoms with Crippen molar-refractivity contribution in [3.63, 3.8) is 0 Å². The van der Waals surface area contributed by atoms with Crippen LogP contribution in [0, 0.1) is 18.3 Å². The van der Waals surface area contributed by atoms with Crippen LogP contribution < -0.4 is 0 Å². The first-order valence-corrected chi connectivity index (χ1v) is 7.32. The van der Waals surface area contributed by atoms with Crippen LogP contribution in [0.4, 0.5) is 0 Å². The van der Waals surface area contributed by atoms with Crippen LogP contribution in [0.25, 0.3) is 0 Å². The third-order valence-corrected chi connectivity index (χ3v) is 3.92. The SMILES string of the molecule is Cc1cccnc1CC(=O)N1CCCn2nc(C#N)cc2C1. The molecule has 0 radical (unpaired) electrons. The number of carbonyl (C=O) groups is 1. The lowest BCUT2D eigenvalue weighted by molar-refractivity contribution is -0.131. The topological polar surface area (TPSA) is 74.8 Å². The molecule has 6 heteroatoms. The van der Waals surface area contributed by atoms with Crippen molar-refractivity contribution in [2.24, 2.45) is 0 Å². The summed E-state index contributed by atoms with van der Waals surface area (Å²) in [5.41, 5.74) is 3.18. The molecule has 0 fully saturated rings. The number of hydrogen-bond acceptors (Lipinski definition) is 4. The summed E-state index contributed by atoms with van der Waals surface area (Å²) in [4.78, 5) is 18.7. The lowest BCUT2D eigenvalue weighted by Crippen LogP contribution is -2.32. The van der Waals surface area contributed by atoms with Crippen molar-refractivity contribution in [1.29, 1.82) is 5.26 Å². The molecule has 0 spiro atoms. The summed E-state index contributed by atoms with van der Waals surface area (Å²) in [5, 5.41) is 13.2. The molecule has 2 aromatic rings. The van der Waals surface area contributed by atoms with Gasteiger partial charge in [-0.2, -0.15) is 10.4 Å². The van der Waals surface area contributed by atoms with E-state index >= 15 is 0 Å². The molecule has 3 heterocycles. The smallest absolute Gasteiger partial charge is 0.228 e. The molecule has 0 saturated carbocycles. The Bertz CT molecular complexity index is 743. The highest BCUT2D eigenvalue weighted by Crippen LogP contribution is 2.15. The first kappa shape index (κ1) is 14.3. The minimum atomic E-state index is 0.0648. The average Bonchev–Trinajstić information content (AvgIpc) is 2.80. The Morgan fingerprint density at radius 2 is 2.32 bits per heavy atom. The van der Waals surface area contributed by atoms with Gasteiger partial charge in [0.2, 0.25) is 5.91 Å². The predicted molar refractivity (Wildman–Crippen MR) is 79.7 cm³/mol. The number of nitriles is 1. The van der Waals surface area contributed by atoms with Crippen LogP contribution in [0.1, 0.15) is 29.1 Å². The van der Waals surface area contributed by atoms with Gasteiger partial charge in [0.25, 0.3) is 0 Å². The molecule has 6 nitrogen and oxygen atoms in total. The first-order valence-electron chi connectivity index (χ1n) is 7.32. The fraction of sp³-hybridized carbons (Fsp3) is 0.375. The fourth-order valence-corrected chi connectivity index (χ4v) is 2.69. The molecule has 1 aliphatic heterocycles. The third kappa shape index (κ3) is 2.84. The maximum Gasteiger partial charge on any atom is 0.228 e. The highest BCUT2D eigenvalue weighted by molar-refractivity contribution is 5.78. The van der Waals surface area contributed by atoms with Gasteiger partial charge < -0.3 is 4.90 Å². The molecule has 0 aliphatic carbocycles. The van der Waals surface area contributed by atoms with Gasteiger partial charge in [-0.15, -0.1) is 0 Å². The summed E-state index contributed by atoms with van der Waals surface area (Å²) in [5.74, 6) is 0.0648. The summed E-state index contributed by atoms with van der Waals surface area (Å²) >= 11 is 0. The van der Waals surface area contributed by atoms with E-state index in [1.54, 1.807) is 12.3 Å². The van der Waals surface area contributed by atoms with Crippen LogP contribution in [0.5, 0.6) is 0 Å². The molecular weight excluding hydrogens is 278 g/mol. The zero-order valence-corrected chi connectivity index (χ0v) is 12.5. The molecular formula is C16H17N5O. The highest BCUT2D eigenvalue weighted by atomic mass is 16.2. The zero-order chi connectivity index (χ0) is 15.5. The molecule has 3 rings (SSSR count). The summed E-state index contributed by atoms with van der Waals surface area (Å²) in [6.45, 7) is 3.91. The molecule has 0 bridgehead atoms. The van der Waals surface area contributed by atoms with Crippen molar-refractivity contribution < 1.29 is 4.79 Å². The zero-order valence-electron chi connectivity index (χ0n) is 12.5. The number of hydrogen-bond donors (Lipinski definition) is 0. The van der Waals surface area contributed by atoms with Gasteiger partial charge in [-0.05, 0) is 31.0 Å². The summed E-state index contributed by atoms with van der Waals surface area (Å²) in [6.07, 6.45) is 2.87. The number of amides is 1. The summed E-state index contributed by atoms with van der Waals surface area (Å²) in [7, 11) is 0. The van der Waals surface area contributed by atoms with E-state index in [0.29, 0.717) is 25.2 Å². The predicted octanol–water partition coefficient (Wildman–Crippen LogP) is 1.43. The number of aromatic nitrogens is 3. The largest absolute Gasteiger partial charge is 0.336 e. The Kier molecular flexibility index (Phi) is 3.88. The summed E-state index contributed by atoms with van der Waals surface area (Å²) < 4.78 is 1.83. The van der Waals surface area contributed by atoms with Gasteiger partial charge >= 0.3 is 0 Å². The number of nitrogens with zero attached hydrogens (tertiary/aromatic N) is 5. The molecule has 0 aromatic carbocycles. The van der Waals surface area contributed by atoms with Crippen LogP contribution >= 0.6 is 0 Å². The molecule has 0 atom stereocenters. The summed E-state index contributed by atoms with van der Waals surface area (Å²) in [6, 6.07) is 7.65. The Hall–Kier alpha value is -2.68. The van der Waals surface area contributed by atoms with E-state index in [4.69, 9.17) is 5.26 Å². The lowest BCUT2D eigenvalue weighted by Gasteiger charge is -2.20. The monoisotopic (exact) mass is 295 g/mol. The number of carbonyl (C=O) groups excluding carboxylic acids is 1. The van der Waals surface area contributed by atoms with Gasteiger partial charge in [0.15, 0.2) is 5.69 Å². The van der Waals surface area contributed by atoms with Gasteiger partial charge in [0.1, 0.15) is 6.07 Å². The number of rotatable bonds is 2. The molecule has 0 saturated heterocycles. The highest BCUT2D eigenvalue weighted by Gasteiger charge is 2.21. The number of fused-ring (bicyclic) bond motifs is 1. The maximum atomic E-state index is 12.5. The standard InChI is InChI=1S/C16H17N5O/c1-12-4-2-5-18-15(12)9-16(22)20-6-3-7-21-14(11-20)8-13(10-17)19-21/h2,4-5,8H,3,6-7,9,11H2,1H3. The van der Waals surface area contributed by atoms with Crippen LogP contribution in [-0.2, 0) is 24.3 Å². The van der Waals surface area contributed by atoms with Gasteiger partial charge in [-0.25, -0.2) is 0 Å². The average molecular weight is 295 g/mol. The van der Waals surface area contributed by atoms with E-state index in [0.717, 1.165) is 29.9 Å². The second-order valence-electron chi connectivity index (χ2n) is 5.47. The van der Waals surface area contributed by atoms with Crippen LogP contribution in [0.2, 0.25) is 0 Å². The van der Waals surface area contributed by atoms with Crippen molar-refractivity contribution in [2.45, 2.75) is 32.9 Å². The van der Waals surface area contributed by atoms with E-state index in [1.807, 2.05) is 28.6 Å². The van der Waals surface area contributed by atoms with Crippen LogP contribution in [0.15, 0.2) is 24.4 Å². The van der Waals surface area contributed by atoms with E-state index in [1.165, 1.54) is 0 Å². The lowest BCUT2D eigenvalue weighted by atomic mass is 10.1. The minimum Gasteiger partial charge on any atom is -0.336 e. The molecule has 0 N–H and O–H groups in total. The maximum absolute atomic E-state index is 12.5. The number of aryl methyl sites for hydroxylation is 2. The Labute approximate surface area is 129 Å². The van der Waals surface area contributed by atoms with Gasteiger partial charge in [0.05, 0.1) is 24.4 Å². The molecule has 112 valence electrons. The molecule has 22 heavy (non-hydrogen) atoms. The second kappa shape index (κ2) is 5.98. The second-order valence-corrected chi connectivity index (χ2v) is 5.47. The Morgan fingerprint density at radius 1 is 1.45 bits per heavy atom. The molecule has 1 amide bonds. The molecule has 2 aromatic heterocycles. The van der Waals surface area contributed by atoms with E-state index in [9.17, 15) is 4.79 Å². The van der Waals surface area contributed by atoms with Gasteiger partial charge in [-0.3, -0.25) is 14.5 Å². The third-order valence-electron chi connectivity index (χ3n) is 3.92. The minimum absolute atomic E-state index is 0.0648. The first-order chi connectivity index (χ1) is 10.7. The van der Waals surface area contributed by atoms with Crippen molar-refractivity contribution in [3.05, 3.63) is 47.0 Å². The fourth-order valence-electron chi connectivity index (χ4n) is 2.69. The van der Waals surface area contributed by atoms with E-state index in [-0.39, 0.29) is 5.91 Å². The van der Waals surface area contributed by atoms with Crippen LogP contribution in [-0.4, -0.2) is 32.1 Å². The van der Waals surface area contributed by atoms with Crippen LogP contribution in [0.3, 0.4) is 0 Å². The van der Waals surface area contributed by atoms with Crippen molar-refractivity contribution in [2.75, 3.05) is 6.54 Å². The van der Waals surface area contributed by atoms with Crippen molar-refractivity contribution >= 4 is 5.91 Å². The Balaban J connectivity index is 1.76.